The number of rotatable bonds is 0. The van der Waals surface area contributed by atoms with Crippen LogP contribution in [-0.2, 0) is 30.6 Å². The summed E-state index contributed by atoms with van der Waals surface area (Å²) in [6, 6.07) is 0. The molecule has 0 aliphatic heterocycles. The minimum absolute atomic E-state index is 0. The van der Waals surface area contributed by atoms with Crippen molar-refractivity contribution in [3.8, 4) is 0 Å². The maximum atomic E-state index is 9.11. The zero-order valence-corrected chi connectivity index (χ0v) is 9.69. The molecule has 66 valence electrons. The van der Waals surface area contributed by atoms with E-state index in [9.17, 15) is 0 Å². The summed E-state index contributed by atoms with van der Waals surface area (Å²) in [4.78, 5) is 0. The van der Waals surface area contributed by atoms with E-state index in [0.29, 0.717) is 0 Å². The quantitative estimate of drug-likeness (QED) is 0.248. The molecule has 0 aliphatic rings. The van der Waals surface area contributed by atoms with Crippen molar-refractivity contribution in [2.75, 3.05) is 0 Å². The summed E-state index contributed by atoms with van der Waals surface area (Å²) in [5.74, 6) is 0. The average Bonchev–Trinajstić information content (AvgIpc) is 1.12. The van der Waals surface area contributed by atoms with E-state index in [1.54, 1.807) is 0 Å². The largest absolute Gasteiger partial charge is 1.00 e. The van der Waals surface area contributed by atoms with Gasteiger partial charge in [0.15, 0.2) is 0 Å². The van der Waals surface area contributed by atoms with Crippen molar-refractivity contribution in [2.24, 2.45) is 0 Å². The normalized spacial score (nSPS) is 10.5. The Kier molecular flexibility index (Phi) is 10.9. The van der Waals surface area contributed by atoms with Gasteiger partial charge in [-0.1, -0.05) is 0 Å². The van der Waals surface area contributed by atoms with Crippen LogP contribution < -0.4 is 29.6 Å². The molecule has 0 heterocycles. The molecule has 0 aromatic rings. The van der Waals surface area contributed by atoms with E-state index in [1.165, 1.54) is 0 Å². The Morgan fingerprint density at radius 1 is 1.00 bits per heavy atom. The summed E-state index contributed by atoms with van der Waals surface area (Å²) < 4.78 is 55.5. The first-order valence-electron chi connectivity index (χ1n) is 1.40. The first-order chi connectivity index (χ1) is 4.00. The van der Waals surface area contributed by atoms with E-state index in [0.717, 1.165) is 0 Å². The van der Waals surface area contributed by atoms with Crippen LogP contribution >= 0.6 is 0 Å². The molecule has 0 aliphatic carbocycles. The molecule has 0 radical (unpaired) electrons. The Labute approximate surface area is 91.9 Å². The molecular weight excluding hydrogens is 231 g/mol. The van der Waals surface area contributed by atoms with Gasteiger partial charge in [-0.25, -0.2) is 0 Å². The van der Waals surface area contributed by atoms with Crippen LogP contribution in [0.2, 0.25) is 0 Å². The SMILES string of the molecule is O=S(=O)(O)O.O=S(O)(O)=S.[H-].[Na+]. The van der Waals surface area contributed by atoms with Gasteiger partial charge in [0.2, 0.25) is 0 Å². The Morgan fingerprint density at radius 2 is 1.00 bits per heavy atom. The first kappa shape index (κ1) is 18.0. The predicted molar refractivity (Wildman–Crippen MR) is 36.1 cm³/mol. The van der Waals surface area contributed by atoms with E-state index in [2.05, 4.69) is 11.2 Å². The van der Waals surface area contributed by atoms with Gasteiger partial charge in [-0.3, -0.25) is 18.2 Å². The Hall–Kier alpha value is 1.16. The molecule has 11 heteroatoms. The summed E-state index contributed by atoms with van der Waals surface area (Å²) in [5.41, 5.74) is 0. The molecule has 0 rings (SSSR count). The second-order valence-electron chi connectivity index (χ2n) is 0.896. The van der Waals surface area contributed by atoms with E-state index in [-0.39, 0.29) is 31.0 Å². The fourth-order valence-corrected chi connectivity index (χ4v) is 0. The average molecular weight is 236 g/mol. The van der Waals surface area contributed by atoms with Crippen molar-refractivity contribution in [1.82, 2.24) is 0 Å². The van der Waals surface area contributed by atoms with Crippen LogP contribution in [0.5, 0.6) is 0 Å². The summed E-state index contributed by atoms with van der Waals surface area (Å²) in [7, 11) is -8.50. The number of hydrogen-bond donors (Lipinski definition) is 4. The standard InChI is InChI=1S/Na.H2O4S.H2O3S2.H/c;2*1-5(2,3)4;/h;2*(H2,1,2,3,4);/q+1;;;-1. The number of hydrogen-bond acceptors (Lipinski definition) is 4. The second-order valence-corrected chi connectivity index (χ2v) is 3.99. The Morgan fingerprint density at radius 3 is 1.00 bits per heavy atom. The topological polar surface area (TPSA) is 132 Å². The third-order valence-corrected chi connectivity index (χ3v) is 0. The van der Waals surface area contributed by atoms with Crippen LogP contribution in [-0.4, -0.2) is 30.8 Å². The molecule has 11 heavy (non-hydrogen) atoms. The van der Waals surface area contributed by atoms with Gasteiger partial charge in [-0.15, -0.1) is 0 Å². The van der Waals surface area contributed by atoms with E-state index < -0.39 is 19.5 Å². The molecule has 0 fully saturated rings. The maximum absolute atomic E-state index is 9.11. The third-order valence-electron chi connectivity index (χ3n) is 0. The van der Waals surface area contributed by atoms with Gasteiger partial charge in [-0.2, -0.15) is 12.6 Å². The smallest absolute Gasteiger partial charge is 1.00 e. The second kappa shape index (κ2) is 6.65. The van der Waals surface area contributed by atoms with Crippen LogP contribution in [0.4, 0.5) is 0 Å². The first-order valence-corrected chi connectivity index (χ1v) is 5.19. The molecule has 0 saturated carbocycles. The molecule has 0 aromatic carbocycles. The van der Waals surface area contributed by atoms with Gasteiger partial charge in [0.1, 0.15) is 0 Å². The zero-order valence-electron chi connectivity index (χ0n) is 6.24. The van der Waals surface area contributed by atoms with Crippen LogP contribution in [0.1, 0.15) is 1.43 Å². The summed E-state index contributed by atoms with van der Waals surface area (Å²) in [6.07, 6.45) is 0. The monoisotopic (exact) mass is 236 g/mol. The van der Waals surface area contributed by atoms with Crippen LogP contribution in [0, 0.1) is 0 Å². The molecule has 0 bridgehead atoms. The van der Waals surface area contributed by atoms with Gasteiger partial charge in [-0.05, 0) is 0 Å². The van der Waals surface area contributed by atoms with Gasteiger partial charge >= 0.3 is 40.0 Å². The van der Waals surface area contributed by atoms with Gasteiger partial charge in [0.25, 0.3) is 9.05 Å². The van der Waals surface area contributed by atoms with Crippen molar-refractivity contribution < 1.29 is 61.8 Å². The molecule has 7 nitrogen and oxygen atoms in total. The minimum Gasteiger partial charge on any atom is -1.00 e. The maximum Gasteiger partial charge on any atom is 1.00 e. The summed E-state index contributed by atoms with van der Waals surface area (Å²) in [6.45, 7) is 0. The molecule has 0 atom stereocenters. The Balaban J connectivity index is -0.0000000457. The van der Waals surface area contributed by atoms with Crippen molar-refractivity contribution in [1.29, 1.82) is 0 Å². The zero-order chi connectivity index (χ0) is 9.00. The van der Waals surface area contributed by atoms with Crippen molar-refractivity contribution in [2.45, 2.75) is 0 Å². The van der Waals surface area contributed by atoms with Crippen molar-refractivity contribution in [3.63, 3.8) is 0 Å². The molecule has 4 N–H and O–H groups in total. The van der Waals surface area contributed by atoms with Gasteiger partial charge in [0, 0.05) is 11.2 Å². The Bertz CT molecular complexity index is 215. The molecule has 0 saturated heterocycles. The molecule has 0 aromatic heterocycles. The third kappa shape index (κ3) is 696. The van der Waals surface area contributed by atoms with Crippen LogP contribution in [0.3, 0.4) is 0 Å². The van der Waals surface area contributed by atoms with E-state index >= 15 is 0 Å². The van der Waals surface area contributed by atoms with Gasteiger partial charge in [0.05, 0.1) is 0 Å². The fourth-order valence-electron chi connectivity index (χ4n) is 0. The van der Waals surface area contributed by atoms with Crippen LogP contribution in [0.25, 0.3) is 0 Å². The van der Waals surface area contributed by atoms with E-state index in [1.807, 2.05) is 0 Å². The fraction of sp³-hybridized carbons (Fsp3) is 0. The predicted octanol–water partition coefficient (Wildman–Crippen LogP) is -3.86. The summed E-state index contributed by atoms with van der Waals surface area (Å²) >= 11 is 3.47. The van der Waals surface area contributed by atoms with Gasteiger partial charge < -0.3 is 1.43 Å². The van der Waals surface area contributed by atoms with Crippen molar-refractivity contribution >= 4 is 30.6 Å². The molecule has 0 unspecified atom stereocenters. The molecule has 0 amide bonds. The molecule has 0 spiro atoms. The van der Waals surface area contributed by atoms with Crippen LogP contribution in [0.15, 0.2) is 0 Å². The van der Waals surface area contributed by atoms with Crippen molar-refractivity contribution in [3.05, 3.63) is 0 Å². The minimum atomic E-state index is -4.67. The van der Waals surface area contributed by atoms with E-state index in [4.69, 9.17) is 30.8 Å². The summed E-state index contributed by atoms with van der Waals surface area (Å²) in [5, 5.41) is 0. The molecular formula is H5NaO7S3.